The molecule has 94 valence electrons. The molecule has 0 aliphatic rings. The highest BCUT2D eigenvalue weighted by atomic mass is 15.2. The third kappa shape index (κ3) is 2.68. The Bertz CT molecular complexity index is 494. The van der Waals surface area contributed by atoms with Gasteiger partial charge in [0.15, 0.2) is 0 Å². The lowest BCUT2D eigenvalue weighted by atomic mass is 10.1. The molecule has 3 nitrogen and oxygen atoms in total. The number of benzene rings is 1. The largest absolute Gasteiger partial charge is 0.327 e. The second kappa shape index (κ2) is 5.65. The standard InChI is InChI=1S/C15H19N3/c1-3-18(14-7-5-4-6-8-14)15-11-13(12(2)16)9-10-17-15/h4-12H,3,16H2,1-2H3/t12-/m0/s1. The summed E-state index contributed by atoms with van der Waals surface area (Å²) >= 11 is 0. The molecule has 1 aromatic heterocycles. The highest BCUT2D eigenvalue weighted by molar-refractivity contribution is 5.60. The summed E-state index contributed by atoms with van der Waals surface area (Å²) in [6.45, 7) is 4.98. The second-order valence-corrected chi connectivity index (χ2v) is 4.32. The van der Waals surface area contributed by atoms with Crippen molar-refractivity contribution < 1.29 is 0 Å². The van der Waals surface area contributed by atoms with Crippen molar-refractivity contribution in [2.24, 2.45) is 5.73 Å². The van der Waals surface area contributed by atoms with Crippen LogP contribution in [0.3, 0.4) is 0 Å². The van der Waals surface area contributed by atoms with Gasteiger partial charge in [0.2, 0.25) is 0 Å². The zero-order valence-electron chi connectivity index (χ0n) is 10.9. The molecule has 0 bridgehead atoms. The maximum Gasteiger partial charge on any atom is 0.133 e. The van der Waals surface area contributed by atoms with E-state index in [-0.39, 0.29) is 6.04 Å². The molecular weight excluding hydrogens is 222 g/mol. The van der Waals surface area contributed by atoms with Gasteiger partial charge in [0.05, 0.1) is 0 Å². The van der Waals surface area contributed by atoms with Gasteiger partial charge in [0.1, 0.15) is 5.82 Å². The molecule has 0 spiro atoms. The molecule has 0 amide bonds. The van der Waals surface area contributed by atoms with E-state index in [0.717, 1.165) is 23.6 Å². The molecule has 2 aromatic rings. The Morgan fingerprint density at radius 1 is 1.22 bits per heavy atom. The minimum atomic E-state index is 0.0289. The predicted molar refractivity (Wildman–Crippen MR) is 76.0 cm³/mol. The van der Waals surface area contributed by atoms with Gasteiger partial charge in [0.25, 0.3) is 0 Å². The van der Waals surface area contributed by atoms with Crippen molar-refractivity contribution in [2.75, 3.05) is 11.4 Å². The molecule has 0 unspecified atom stereocenters. The van der Waals surface area contributed by atoms with Crippen LogP contribution in [-0.4, -0.2) is 11.5 Å². The molecule has 3 heteroatoms. The summed E-state index contributed by atoms with van der Waals surface area (Å²) in [7, 11) is 0. The number of para-hydroxylation sites is 1. The quantitative estimate of drug-likeness (QED) is 0.893. The second-order valence-electron chi connectivity index (χ2n) is 4.32. The van der Waals surface area contributed by atoms with Gasteiger partial charge < -0.3 is 10.6 Å². The van der Waals surface area contributed by atoms with Crippen LogP contribution in [0.2, 0.25) is 0 Å². The average molecular weight is 241 g/mol. The topological polar surface area (TPSA) is 42.1 Å². The van der Waals surface area contributed by atoms with E-state index in [9.17, 15) is 0 Å². The molecule has 0 aliphatic carbocycles. The van der Waals surface area contributed by atoms with Gasteiger partial charge in [-0.15, -0.1) is 0 Å². The summed E-state index contributed by atoms with van der Waals surface area (Å²) in [5.41, 5.74) is 8.17. The van der Waals surface area contributed by atoms with Crippen molar-refractivity contribution in [3.8, 4) is 0 Å². The SMILES string of the molecule is CCN(c1ccccc1)c1cc([C@H](C)N)ccn1. The first-order chi connectivity index (χ1) is 8.72. The number of anilines is 2. The van der Waals surface area contributed by atoms with Gasteiger partial charge in [-0.25, -0.2) is 4.98 Å². The summed E-state index contributed by atoms with van der Waals surface area (Å²) in [5, 5.41) is 0. The fraction of sp³-hybridized carbons (Fsp3) is 0.267. The number of aromatic nitrogens is 1. The van der Waals surface area contributed by atoms with Crippen LogP contribution in [0.1, 0.15) is 25.5 Å². The highest BCUT2D eigenvalue weighted by Crippen LogP contribution is 2.24. The van der Waals surface area contributed by atoms with Gasteiger partial charge in [-0.3, -0.25) is 0 Å². The lowest BCUT2D eigenvalue weighted by molar-refractivity contribution is 0.813. The molecule has 0 aliphatic heterocycles. The van der Waals surface area contributed by atoms with Crippen LogP contribution in [0, 0.1) is 0 Å². The van der Waals surface area contributed by atoms with Gasteiger partial charge in [0, 0.05) is 24.5 Å². The first-order valence-corrected chi connectivity index (χ1v) is 6.26. The normalized spacial score (nSPS) is 12.2. The van der Waals surface area contributed by atoms with Gasteiger partial charge in [-0.1, -0.05) is 18.2 Å². The Labute approximate surface area is 108 Å². The number of nitrogens with zero attached hydrogens (tertiary/aromatic N) is 2. The minimum Gasteiger partial charge on any atom is -0.327 e. The van der Waals surface area contributed by atoms with Crippen molar-refractivity contribution in [1.29, 1.82) is 0 Å². The molecular formula is C15H19N3. The summed E-state index contributed by atoms with van der Waals surface area (Å²) in [6.07, 6.45) is 1.82. The van der Waals surface area contributed by atoms with Crippen LogP contribution in [0.4, 0.5) is 11.5 Å². The Morgan fingerprint density at radius 3 is 2.56 bits per heavy atom. The van der Waals surface area contributed by atoms with E-state index in [1.54, 1.807) is 0 Å². The molecule has 0 fully saturated rings. The fourth-order valence-electron chi connectivity index (χ4n) is 1.95. The molecule has 2 rings (SSSR count). The van der Waals surface area contributed by atoms with E-state index in [2.05, 4.69) is 35.0 Å². The Kier molecular flexibility index (Phi) is 3.95. The van der Waals surface area contributed by atoms with Crippen LogP contribution >= 0.6 is 0 Å². The summed E-state index contributed by atoms with van der Waals surface area (Å²) < 4.78 is 0. The predicted octanol–water partition coefficient (Wildman–Crippen LogP) is 3.26. The zero-order chi connectivity index (χ0) is 13.0. The fourth-order valence-corrected chi connectivity index (χ4v) is 1.95. The van der Waals surface area contributed by atoms with E-state index in [0.29, 0.717) is 0 Å². The lowest BCUT2D eigenvalue weighted by Crippen LogP contribution is -2.18. The van der Waals surface area contributed by atoms with Crippen molar-refractivity contribution in [3.63, 3.8) is 0 Å². The highest BCUT2D eigenvalue weighted by Gasteiger charge is 2.09. The van der Waals surface area contributed by atoms with Crippen molar-refractivity contribution >= 4 is 11.5 Å². The lowest BCUT2D eigenvalue weighted by Gasteiger charge is -2.22. The molecule has 1 heterocycles. The van der Waals surface area contributed by atoms with Crippen molar-refractivity contribution in [3.05, 3.63) is 54.2 Å². The molecule has 1 aromatic carbocycles. The summed E-state index contributed by atoms with van der Waals surface area (Å²) in [4.78, 5) is 6.61. The first-order valence-electron chi connectivity index (χ1n) is 6.26. The van der Waals surface area contributed by atoms with Gasteiger partial charge in [-0.2, -0.15) is 0 Å². The number of hydrogen-bond donors (Lipinski definition) is 1. The number of rotatable bonds is 4. The Balaban J connectivity index is 2.36. The van der Waals surface area contributed by atoms with Crippen LogP contribution in [0.5, 0.6) is 0 Å². The van der Waals surface area contributed by atoms with E-state index in [4.69, 9.17) is 5.73 Å². The van der Waals surface area contributed by atoms with E-state index in [1.165, 1.54) is 0 Å². The van der Waals surface area contributed by atoms with Crippen LogP contribution in [0.25, 0.3) is 0 Å². The molecule has 2 N–H and O–H groups in total. The third-order valence-corrected chi connectivity index (χ3v) is 2.96. The molecule has 0 saturated heterocycles. The zero-order valence-corrected chi connectivity index (χ0v) is 10.9. The average Bonchev–Trinajstić information content (AvgIpc) is 2.41. The monoisotopic (exact) mass is 241 g/mol. The van der Waals surface area contributed by atoms with Crippen LogP contribution in [0.15, 0.2) is 48.7 Å². The number of nitrogens with two attached hydrogens (primary N) is 1. The molecule has 18 heavy (non-hydrogen) atoms. The molecule has 1 atom stereocenters. The first kappa shape index (κ1) is 12.6. The minimum absolute atomic E-state index is 0.0289. The molecule has 0 saturated carbocycles. The van der Waals surface area contributed by atoms with Crippen LogP contribution < -0.4 is 10.6 Å². The molecule has 0 radical (unpaired) electrons. The van der Waals surface area contributed by atoms with Gasteiger partial charge in [-0.05, 0) is 43.7 Å². The van der Waals surface area contributed by atoms with Crippen LogP contribution in [-0.2, 0) is 0 Å². The van der Waals surface area contributed by atoms with Gasteiger partial charge >= 0.3 is 0 Å². The maximum atomic E-state index is 5.92. The Hall–Kier alpha value is -1.87. The van der Waals surface area contributed by atoms with Crippen molar-refractivity contribution in [2.45, 2.75) is 19.9 Å². The summed E-state index contributed by atoms with van der Waals surface area (Å²) in [6, 6.07) is 14.3. The summed E-state index contributed by atoms with van der Waals surface area (Å²) in [5.74, 6) is 0.943. The third-order valence-electron chi connectivity index (χ3n) is 2.96. The van der Waals surface area contributed by atoms with E-state index < -0.39 is 0 Å². The Morgan fingerprint density at radius 2 is 1.94 bits per heavy atom. The van der Waals surface area contributed by atoms with E-state index >= 15 is 0 Å². The van der Waals surface area contributed by atoms with E-state index in [1.807, 2.05) is 37.4 Å². The number of hydrogen-bond acceptors (Lipinski definition) is 3. The maximum absolute atomic E-state index is 5.92. The number of pyridine rings is 1. The van der Waals surface area contributed by atoms with Crippen molar-refractivity contribution in [1.82, 2.24) is 4.98 Å². The smallest absolute Gasteiger partial charge is 0.133 e.